The first-order chi connectivity index (χ1) is 9.10. The van der Waals surface area contributed by atoms with E-state index in [1.54, 1.807) is 30.3 Å². The molecule has 0 saturated carbocycles. The minimum absolute atomic E-state index is 0.163. The van der Waals surface area contributed by atoms with Crippen LogP contribution in [0, 0.1) is 6.92 Å². The first kappa shape index (κ1) is 13.5. The molecule has 0 atom stereocenters. The number of benzene rings is 2. The lowest BCUT2D eigenvalue weighted by Gasteiger charge is -2.08. The second-order valence-electron chi connectivity index (χ2n) is 4.15. The van der Waals surface area contributed by atoms with Crippen LogP contribution >= 0.6 is 15.9 Å². The van der Waals surface area contributed by atoms with Crippen LogP contribution in [-0.2, 0) is 0 Å². The van der Waals surface area contributed by atoms with Gasteiger partial charge in [0, 0.05) is 21.3 Å². The summed E-state index contributed by atoms with van der Waals surface area (Å²) in [5.74, 6) is -0.163. The molecule has 0 aliphatic carbocycles. The average molecular weight is 318 g/mol. The molecule has 1 N–H and O–H groups in total. The summed E-state index contributed by atoms with van der Waals surface area (Å²) in [5.41, 5.74) is 2.77. The fraction of sp³-hybridized carbons (Fsp3) is 0.0667. The van der Waals surface area contributed by atoms with Gasteiger partial charge in [0.2, 0.25) is 0 Å². The Kier molecular flexibility index (Phi) is 4.12. The van der Waals surface area contributed by atoms with Crippen LogP contribution < -0.4 is 5.32 Å². The lowest BCUT2D eigenvalue weighted by atomic mass is 10.1. The van der Waals surface area contributed by atoms with Crippen LogP contribution in [0.3, 0.4) is 0 Å². The van der Waals surface area contributed by atoms with Crippen LogP contribution in [0.15, 0.2) is 46.9 Å². The number of rotatable bonds is 3. The second-order valence-corrected chi connectivity index (χ2v) is 5.07. The van der Waals surface area contributed by atoms with Gasteiger partial charge < -0.3 is 5.32 Å². The fourth-order valence-electron chi connectivity index (χ4n) is 1.73. The summed E-state index contributed by atoms with van der Waals surface area (Å²) in [6.07, 6.45) is 0.768. The molecule has 0 aliphatic heterocycles. The first-order valence-corrected chi connectivity index (χ1v) is 6.52. The van der Waals surface area contributed by atoms with Crippen molar-refractivity contribution in [2.75, 3.05) is 5.32 Å². The van der Waals surface area contributed by atoms with Gasteiger partial charge in [0.05, 0.1) is 0 Å². The van der Waals surface area contributed by atoms with E-state index in [9.17, 15) is 9.59 Å². The molecular formula is C15H12BrNO2. The number of hydrogen-bond donors (Lipinski definition) is 1. The molecule has 19 heavy (non-hydrogen) atoms. The molecule has 3 nitrogen and oxygen atoms in total. The summed E-state index contributed by atoms with van der Waals surface area (Å²) >= 11 is 3.36. The first-order valence-electron chi connectivity index (χ1n) is 5.73. The van der Waals surface area contributed by atoms with E-state index in [2.05, 4.69) is 21.2 Å². The van der Waals surface area contributed by atoms with Gasteiger partial charge in [-0.05, 0) is 55.0 Å². The standard InChI is InChI=1S/C15H12BrNO2/c1-10-8-12(16)4-7-14(10)15(19)17-13-5-2-11(9-18)3-6-13/h2-9H,1H3,(H,17,19). The Hall–Kier alpha value is -1.94. The van der Waals surface area contributed by atoms with Crippen molar-refractivity contribution < 1.29 is 9.59 Å². The lowest BCUT2D eigenvalue weighted by molar-refractivity contribution is 0.102. The Labute approximate surface area is 119 Å². The van der Waals surface area contributed by atoms with Gasteiger partial charge in [0.15, 0.2) is 0 Å². The van der Waals surface area contributed by atoms with E-state index < -0.39 is 0 Å². The minimum Gasteiger partial charge on any atom is -0.322 e. The molecule has 2 aromatic rings. The monoisotopic (exact) mass is 317 g/mol. The van der Waals surface area contributed by atoms with E-state index in [-0.39, 0.29) is 5.91 Å². The Morgan fingerprint density at radius 2 is 1.84 bits per heavy atom. The zero-order chi connectivity index (χ0) is 13.8. The Balaban J connectivity index is 2.18. The van der Waals surface area contributed by atoms with Crippen LogP contribution in [0.5, 0.6) is 0 Å². The van der Waals surface area contributed by atoms with Gasteiger partial charge in [0.1, 0.15) is 6.29 Å². The summed E-state index contributed by atoms with van der Waals surface area (Å²) in [6, 6.07) is 12.2. The van der Waals surface area contributed by atoms with E-state index in [0.717, 1.165) is 16.3 Å². The molecule has 2 aromatic carbocycles. The molecule has 4 heteroatoms. The Morgan fingerprint density at radius 3 is 2.42 bits per heavy atom. The van der Waals surface area contributed by atoms with Gasteiger partial charge in [-0.3, -0.25) is 9.59 Å². The molecule has 0 heterocycles. The number of anilines is 1. The van der Waals surface area contributed by atoms with Crippen LogP contribution in [0.2, 0.25) is 0 Å². The zero-order valence-corrected chi connectivity index (χ0v) is 11.9. The second kappa shape index (κ2) is 5.80. The van der Waals surface area contributed by atoms with Crippen molar-refractivity contribution in [1.29, 1.82) is 0 Å². The summed E-state index contributed by atoms with van der Waals surface area (Å²) in [5, 5.41) is 2.80. The van der Waals surface area contributed by atoms with Crippen LogP contribution in [0.4, 0.5) is 5.69 Å². The molecule has 0 unspecified atom stereocenters. The summed E-state index contributed by atoms with van der Waals surface area (Å²) < 4.78 is 0.942. The maximum absolute atomic E-state index is 12.1. The number of halogens is 1. The van der Waals surface area contributed by atoms with Gasteiger partial charge in [-0.1, -0.05) is 15.9 Å². The highest BCUT2D eigenvalue weighted by atomic mass is 79.9. The molecule has 96 valence electrons. The predicted molar refractivity (Wildman–Crippen MR) is 78.7 cm³/mol. The Morgan fingerprint density at radius 1 is 1.16 bits per heavy atom. The van der Waals surface area contributed by atoms with Crippen molar-refractivity contribution in [2.24, 2.45) is 0 Å². The van der Waals surface area contributed by atoms with Gasteiger partial charge in [-0.2, -0.15) is 0 Å². The molecular weight excluding hydrogens is 306 g/mol. The minimum atomic E-state index is -0.163. The maximum atomic E-state index is 12.1. The van der Waals surface area contributed by atoms with Gasteiger partial charge in [0.25, 0.3) is 5.91 Å². The molecule has 2 rings (SSSR count). The van der Waals surface area contributed by atoms with Crippen molar-refractivity contribution in [1.82, 2.24) is 0 Å². The summed E-state index contributed by atoms with van der Waals surface area (Å²) in [4.78, 5) is 22.7. The lowest BCUT2D eigenvalue weighted by Crippen LogP contribution is -2.13. The fourth-order valence-corrected chi connectivity index (χ4v) is 2.20. The molecule has 0 fully saturated rings. The number of amides is 1. The number of aryl methyl sites for hydroxylation is 1. The third kappa shape index (κ3) is 3.29. The van der Waals surface area contributed by atoms with Crippen LogP contribution in [0.1, 0.15) is 26.3 Å². The number of carbonyl (C=O) groups excluding carboxylic acids is 2. The molecule has 0 radical (unpaired) electrons. The van der Waals surface area contributed by atoms with E-state index >= 15 is 0 Å². The zero-order valence-electron chi connectivity index (χ0n) is 10.3. The molecule has 0 bridgehead atoms. The Bertz CT molecular complexity index is 621. The number of carbonyl (C=O) groups is 2. The highest BCUT2D eigenvalue weighted by Gasteiger charge is 2.09. The molecule has 0 aromatic heterocycles. The maximum Gasteiger partial charge on any atom is 0.255 e. The topological polar surface area (TPSA) is 46.2 Å². The van der Waals surface area contributed by atoms with Gasteiger partial charge >= 0.3 is 0 Å². The number of aldehydes is 1. The SMILES string of the molecule is Cc1cc(Br)ccc1C(=O)Nc1ccc(C=O)cc1. The van der Waals surface area contributed by atoms with Crippen molar-refractivity contribution in [3.63, 3.8) is 0 Å². The van der Waals surface area contributed by atoms with Crippen molar-refractivity contribution in [2.45, 2.75) is 6.92 Å². The van der Waals surface area contributed by atoms with E-state index in [1.807, 2.05) is 19.1 Å². The van der Waals surface area contributed by atoms with Crippen molar-refractivity contribution >= 4 is 33.8 Å². The summed E-state index contributed by atoms with van der Waals surface area (Å²) in [6.45, 7) is 1.88. The molecule has 0 aliphatic rings. The van der Waals surface area contributed by atoms with Crippen LogP contribution in [-0.4, -0.2) is 12.2 Å². The smallest absolute Gasteiger partial charge is 0.255 e. The van der Waals surface area contributed by atoms with Crippen LogP contribution in [0.25, 0.3) is 0 Å². The normalized spacial score (nSPS) is 10.0. The van der Waals surface area contributed by atoms with E-state index in [0.29, 0.717) is 16.8 Å². The average Bonchev–Trinajstić information content (AvgIpc) is 2.39. The van der Waals surface area contributed by atoms with Crippen molar-refractivity contribution in [3.05, 3.63) is 63.6 Å². The predicted octanol–water partition coefficient (Wildman–Crippen LogP) is 3.82. The molecule has 1 amide bonds. The van der Waals surface area contributed by atoms with E-state index in [4.69, 9.17) is 0 Å². The molecule has 0 saturated heterocycles. The highest BCUT2D eigenvalue weighted by molar-refractivity contribution is 9.10. The highest BCUT2D eigenvalue weighted by Crippen LogP contribution is 2.17. The molecule has 0 spiro atoms. The van der Waals surface area contributed by atoms with Gasteiger partial charge in [-0.25, -0.2) is 0 Å². The number of hydrogen-bond acceptors (Lipinski definition) is 2. The third-order valence-electron chi connectivity index (χ3n) is 2.74. The summed E-state index contributed by atoms with van der Waals surface area (Å²) in [7, 11) is 0. The van der Waals surface area contributed by atoms with E-state index in [1.165, 1.54) is 0 Å². The third-order valence-corrected chi connectivity index (χ3v) is 3.23. The largest absolute Gasteiger partial charge is 0.322 e. The number of nitrogens with one attached hydrogen (secondary N) is 1. The van der Waals surface area contributed by atoms with Gasteiger partial charge in [-0.15, -0.1) is 0 Å². The van der Waals surface area contributed by atoms with Crippen molar-refractivity contribution in [3.8, 4) is 0 Å². The quantitative estimate of drug-likeness (QED) is 0.875.